The van der Waals surface area contributed by atoms with Crippen molar-refractivity contribution in [1.82, 2.24) is 4.90 Å². The molecule has 0 spiro atoms. The summed E-state index contributed by atoms with van der Waals surface area (Å²) in [6, 6.07) is 17.3. The molecule has 5 rings (SSSR count). The summed E-state index contributed by atoms with van der Waals surface area (Å²) in [5.41, 5.74) is 4.99. The fourth-order valence-electron chi connectivity index (χ4n) is 5.61. The third-order valence-corrected chi connectivity index (χ3v) is 6.88. The first-order valence-electron chi connectivity index (χ1n) is 10.5. The summed E-state index contributed by atoms with van der Waals surface area (Å²) in [7, 11) is 0. The van der Waals surface area contributed by atoms with Crippen molar-refractivity contribution in [2.24, 2.45) is 5.92 Å². The molecule has 0 radical (unpaired) electrons. The highest BCUT2D eigenvalue weighted by atomic mass is 16.6. The summed E-state index contributed by atoms with van der Waals surface area (Å²) in [6.45, 7) is 0.609. The summed E-state index contributed by atoms with van der Waals surface area (Å²) in [4.78, 5) is 15.0. The number of ether oxygens (including phenoxy) is 1. The van der Waals surface area contributed by atoms with Crippen LogP contribution in [-0.4, -0.2) is 41.4 Å². The average molecular weight is 377 g/mol. The summed E-state index contributed by atoms with van der Waals surface area (Å²) < 4.78 is 5.91. The third kappa shape index (κ3) is 2.91. The van der Waals surface area contributed by atoms with Crippen LogP contribution in [0.5, 0.6) is 0 Å². The molecule has 2 unspecified atom stereocenters. The van der Waals surface area contributed by atoms with Crippen LogP contribution < -0.4 is 0 Å². The van der Waals surface area contributed by atoms with Crippen LogP contribution in [0.2, 0.25) is 0 Å². The summed E-state index contributed by atoms with van der Waals surface area (Å²) in [5, 5.41) is 9.57. The number of hydrogen-bond acceptors (Lipinski definition) is 3. The number of benzene rings is 2. The van der Waals surface area contributed by atoms with Gasteiger partial charge in [0.25, 0.3) is 0 Å². The molecule has 2 aromatic carbocycles. The number of aliphatic hydroxyl groups is 1. The van der Waals surface area contributed by atoms with Crippen molar-refractivity contribution in [2.45, 2.75) is 50.1 Å². The normalized spacial score (nSPS) is 25.9. The number of carbonyl (C=O) groups is 1. The van der Waals surface area contributed by atoms with Crippen LogP contribution in [0.25, 0.3) is 11.1 Å². The minimum atomic E-state index is -0.173. The van der Waals surface area contributed by atoms with E-state index in [1.54, 1.807) is 0 Å². The Morgan fingerprint density at radius 1 is 0.964 bits per heavy atom. The molecule has 1 aliphatic carbocycles. The van der Waals surface area contributed by atoms with Gasteiger partial charge in [-0.3, -0.25) is 0 Å². The SMILES string of the molecule is O=C(OCC1c2ccccc2-c2ccccc21)N1C2CCCC1CC(CO)C2. The second-order valence-electron chi connectivity index (χ2n) is 8.47. The van der Waals surface area contributed by atoms with Crippen molar-refractivity contribution in [3.05, 3.63) is 59.7 Å². The molecule has 2 aromatic rings. The molecule has 2 heterocycles. The Morgan fingerprint density at radius 2 is 1.54 bits per heavy atom. The van der Waals surface area contributed by atoms with Gasteiger partial charge in [-0.1, -0.05) is 48.5 Å². The van der Waals surface area contributed by atoms with Crippen molar-refractivity contribution in [1.29, 1.82) is 0 Å². The van der Waals surface area contributed by atoms with E-state index in [9.17, 15) is 9.90 Å². The molecule has 2 bridgehead atoms. The van der Waals surface area contributed by atoms with E-state index in [1.165, 1.54) is 28.7 Å². The largest absolute Gasteiger partial charge is 0.448 e. The Bertz CT molecular complexity index is 820. The molecule has 28 heavy (non-hydrogen) atoms. The summed E-state index contributed by atoms with van der Waals surface area (Å²) in [6.07, 6.45) is 4.84. The first-order valence-corrected chi connectivity index (χ1v) is 10.5. The maximum atomic E-state index is 13.0. The van der Waals surface area contributed by atoms with Crippen molar-refractivity contribution in [3.8, 4) is 11.1 Å². The number of rotatable bonds is 3. The van der Waals surface area contributed by atoms with Crippen molar-refractivity contribution in [2.75, 3.05) is 13.2 Å². The van der Waals surface area contributed by atoms with Gasteiger partial charge in [0.05, 0.1) is 0 Å². The molecular weight excluding hydrogens is 350 g/mol. The van der Waals surface area contributed by atoms with Gasteiger partial charge in [0.15, 0.2) is 0 Å². The van der Waals surface area contributed by atoms with E-state index < -0.39 is 0 Å². The molecule has 2 atom stereocenters. The van der Waals surface area contributed by atoms with Crippen LogP contribution in [0.4, 0.5) is 4.79 Å². The van der Waals surface area contributed by atoms with E-state index in [4.69, 9.17) is 4.74 Å². The zero-order valence-corrected chi connectivity index (χ0v) is 16.1. The Kier molecular flexibility index (Phi) is 4.59. The predicted molar refractivity (Wildman–Crippen MR) is 108 cm³/mol. The number of fused-ring (bicyclic) bond motifs is 5. The average Bonchev–Trinajstić information content (AvgIpc) is 3.05. The van der Waals surface area contributed by atoms with E-state index in [0.717, 1.165) is 25.7 Å². The van der Waals surface area contributed by atoms with Crippen LogP contribution in [0.15, 0.2) is 48.5 Å². The van der Waals surface area contributed by atoms with Gasteiger partial charge in [-0.2, -0.15) is 0 Å². The lowest BCUT2D eigenvalue weighted by Gasteiger charge is -2.47. The molecular formula is C24H27NO3. The van der Waals surface area contributed by atoms with Gasteiger partial charge in [0, 0.05) is 24.6 Å². The standard InChI is InChI=1S/C24H27NO3/c26-14-16-12-17-6-5-7-18(13-16)25(17)24(27)28-15-23-21-10-3-1-8-19(21)20-9-2-4-11-22(20)23/h1-4,8-11,16-18,23,26H,5-7,12-15H2. The molecule has 0 saturated carbocycles. The van der Waals surface area contributed by atoms with Gasteiger partial charge < -0.3 is 14.7 Å². The van der Waals surface area contributed by atoms with E-state index in [-0.39, 0.29) is 30.7 Å². The first kappa shape index (κ1) is 17.7. The molecule has 0 aromatic heterocycles. The number of aliphatic hydroxyl groups excluding tert-OH is 1. The highest BCUT2D eigenvalue weighted by Gasteiger charge is 2.41. The molecule has 2 aliphatic heterocycles. The molecule has 1 amide bonds. The second-order valence-corrected chi connectivity index (χ2v) is 8.47. The predicted octanol–water partition coefficient (Wildman–Crippen LogP) is 4.56. The fraction of sp³-hybridized carbons (Fsp3) is 0.458. The minimum Gasteiger partial charge on any atom is -0.448 e. The Labute approximate surface area is 166 Å². The molecule has 2 fully saturated rings. The number of carbonyl (C=O) groups excluding carboxylic acids is 1. The lowest BCUT2D eigenvalue weighted by molar-refractivity contribution is -0.00505. The van der Waals surface area contributed by atoms with E-state index in [0.29, 0.717) is 12.5 Å². The highest BCUT2D eigenvalue weighted by Crippen LogP contribution is 2.45. The van der Waals surface area contributed by atoms with Gasteiger partial charge in [0.2, 0.25) is 0 Å². The van der Waals surface area contributed by atoms with E-state index >= 15 is 0 Å². The van der Waals surface area contributed by atoms with Gasteiger partial charge in [0.1, 0.15) is 6.61 Å². The van der Waals surface area contributed by atoms with Crippen LogP contribution in [0, 0.1) is 5.92 Å². The van der Waals surface area contributed by atoms with E-state index in [2.05, 4.69) is 48.5 Å². The monoisotopic (exact) mass is 377 g/mol. The smallest absolute Gasteiger partial charge is 0.410 e. The quantitative estimate of drug-likeness (QED) is 0.853. The molecule has 3 aliphatic rings. The maximum absolute atomic E-state index is 13.0. The molecule has 4 heteroatoms. The maximum Gasteiger partial charge on any atom is 0.410 e. The Morgan fingerprint density at radius 3 is 2.11 bits per heavy atom. The summed E-state index contributed by atoms with van der Waals surface area (Å²) >= 11 is 0. The molecule has 4 nitrogen and oxygen atoms in total. The van der Waals surface area contributed by atoms with Gasteiger partial charge in [-0.05, 0) is 60.3 Å². The van der Waals surface area contributed by atoms with Crippen molar-refractivity contribution >= 4 is 6.09 Å². The lowest BCUT2D eigenvalue weighted by Crippen LogP contribution is -2.55. The van der Waals surface area contributed by atoms with Crippen LogP contribution in [-0.2, 0) is 4.74 Å². The van der Waals surface area contributed by atoms with Crippen molar-refractivity contribution < 1.29 is 14.6 Å². The van der Waals surface area contributed by atoms with Crippen LogP contribution in [0.1, 0.15) is 49.1 Å². The summed E-state index contributed by atoms with van der Waals surface area (Å²) in [5.74, 6) is 0.430. The third-order valence-electron chi connectivity index (χ3n) is 6.88. The Balaban J connectivity index is 1.33. The van der Waals surface area contributed by atoms with Crippen molar-refractivity contribution in [3.63, 3.8) is 0 Å². The number of piperidine rings is 2. The Hall–Kier alpha value is -2.33. The molecule has 1 N–H and O–H groups in total. The zero-order chi connectivity index (χ0) is 19.1. The number of nitrogens with zero attached hydrogens (tertiary/aromatic N) is 1. The van der Waals surface area contributed by atoms with Crippen LogP contribution in [0.3, 0.4) is 0 Å². The minimum absolute atomic E-state index is 0.103. The number of hydrogen-bond donors (Lipinski definition) is 1. The van der Waals surface area contributed by atoms with Gasteiger partial charge in [-0.25, -0.2) is 4.79 Å². The fourth-order valence-corrected chi connectivity index (χ4v) is 5.61. The zero-order valence-electron chi connectivity index (χ0n) is 16.1. The van der Waals surface area contributed by atoms with E-state index in [1.807, 2.05) is 4.90 Å². The highest BCUT2D eigenvalue weighted by molar-refractivity contribution is 5.79. The topological polar surface area (TPSA) is 49.8 Å². The van der Waals surface area contributed by atoms with Gasteiger partial charge >= 0.3 is 6.09 Å². The first-order chi connectivity index (χ1) is 13.8. The number of amides is 1. The second kappa shape index (κ2) is 7.25. The molecule has 146 valence electrons. The van der Waals surface area contributed by atoms with Crippen LogP contribution >= 0.6 is 0 Å². The molecule has 2 saturated heterocycles. The lowest BCUT2D eigenvalue weighted by atomic mass is 9.79. The van der Waals surface area contributed by atoms with Gasteiger partial charge in [-0.15, -0.1) is 0 Å².